The van der Waals surface area contributed by atoms with Gasteiger partial charge in [0, 0.05) is 12.0 Å². The number of rotatable bonds is 4. The van der Waals surface area contributed by atoms with E-state index in [1.165, 1.54) is 0 Å². The number of nitrogens with one attached hydrogen (secondary N) is 1. The molecule has 6 nitrogen and oxygen atoms in total. The molecule has 0 heterocycles. The average molecular weight is 247 g/mol. The highest BCUT2D eigenvalue weighted by Crippen LogP contribution is 2.31. The second kappa shape index (κ2) is 4.21. The van der Waals surface area contributed by atoms with Gasteiger partial charge >= 0.3 is 0 Å². The van der Waals surface area contributed by atoms with Gasteiger partial charge in [-0.2, -0.15) is 0 Å². The lowest BCUT2D eigenvalue weighted by Gasteiger charge is -2.19. The standard InChI is InChI=1S/C9H17N3O3S/c10-9(11-13)7-2-1-3-8(7)12-16(14,15)6-4-5-6/h6-8,12-13H,1-5H2,(H2,10,11). The molecule has 2 aliphatic rings. The molecular weight excluding hydrogens is 230 g/mol. The molecule has 7 heteroatoms. The molecule has 0 amide bonds. The van der Waals surface area contributed by atoms with Crippen molar-refractivity contribution in [2.75, 3.05) is 0 Å². The molecule has 2 rings (SSSR count). The van der Waals surface area contributed by atoms with Crippen LogP contribution in [-0.4, -0.2) is 30.8 Å². The molecular formula is C9H17N3O3S. The minimum atomic E-state index is -3.19. The Labute approximate surface area is 94.9 Å². The Kier molecular flexibility index (Phi) is 3.07. The van der Waals surface area contributed by atoms with Gasteiger partial charge in [-0.3, -0.25) is 0 Å². The van der Waals surface area contributed by atoms with Crippen molar-refractivity contribution < 1.29 is 13.6 Å². The van der Waals surface area contributed by atoms with Crippen LogP contribution in [0.2, 0.25) is 0 Å². The number of hydrogen-bond donors (Lipinski definition) is 3. The summed E-state index contributed by atoms with van der Waals surface area (Å²) in [6.45, 7) is 0. The Bertz CT molecular complexity index is 389. The van der Waals surface area contributed by atoms with Crippen LogP contribution in [0, 0.1) is 5.92 Å². The van der Waals surface area contributed by atoms with Gasteiger partial charge < -0.3 is 10.9 Å². The minimum absolute atomic E-state index is 0.126. The van der Waals surface area contributed by atoms with Gasteiger partial charge in [0.2, 0.25) is 10.0 Å². The van der Waals surface area contributed by atoms with Crippen LogP contribution in [0.15, 0.2) is 5.16 Å². The van der Waals surface area contributed by atoms with Crippen LogP contribution in [0.3, 0.4) is 0 Å². The summed E-state index contributed by atoms with van der Waals surface area (Å²) in [5, 5.41) is 11.4. The largest absolute Gasteiger partial charge is 0.409 e. The number of nitrogens with zero attached hydrogens (tertiary/aromatic N) is 1. The molecule has 16 heavy (non-hydrogen) atoms. The van der Waals surface area contributed by atoms with Crippen LogP contribution in [0.4, 0.5) is 0 Å². The van der Waals surface area contributed by atoms with Gasteiger partial charge in [0.25, 0.3) is 0 Å². The first kappa shape index (κ1) is 11.7. The highest BCUT2D eigenvalue weighted by molar-refractivity contribution is 7.90. The molecule has 0 saturated heterocycles. The van der Waals surface area contributed by atoms with Crippen molar-refractivity contribution in [3.8, 4) is 0 Å². The topological polar surface area (TPSA) is 105 Å². The first-order valence-electron chi connectivity index (χ1n) is 5.53. The summed E-state index contributed by atoms with van der Waals surface area (Å²) in [6, 6.07) is -0.207. The zero-order valence-corrected chi connectivity index (χ0v) is 9.78. The van der Waals surface area contributed by atoms with Crippen LogP contribution in [0.25, 0.3) is 0 Å². The lowest BCUT2D eigenvalue weighted by atomic mass is 10.0. The Morgan fingerprint density at radius 2 is 2.00 bits per heavy atom. The molecule has 92 valence electrons. The smallest absolute Gasteiger partial charge is 0.214 e. The lowest BCUT2D eigenvalue weighted by Crippen LogP contribution is -2.43. The summed E-state index contributed by atoms with van der Waals surface area (Å²) < 4.78 is 26.2. The highest BCUT2D eigenvalue weighted by Gasteiger charge is 2.40. The van der Waals surface area contributed by atoms with Crippen molar-refractivity contribution in [2.45, 2.75) is 43.4 Å². The fraction of sp³-hybridized carbons (Fsp3) is 0.889. The summed E-state index contributed by atoms with van der Waals surface area (Å²) >= 11 is 0. The lowest BCUT2D eigenvalue weighted by molar-refractivity contribution is 0.312. The Hall–Kier alpha value is -0.820. The fourth-order valence-corrected chi connectivity index (χ4v) is 3.87. The van der Waals surface area contributed by atoms with E-state index < -0.39 is 10.0 Å². The molecule has 0 aliphatic heterocycles. The molecule has 0 aromatic carbocycles. The van der Waals surface area contributed by atoms with E-state index in [2.05, 4.69) is 9.88 Å². The third-order valence-electron chi connectivity index (χ3n) is 3.29. The molecule has 0 spiro atoms. The van der Waals surface area contributed by atoms with Crippen LogP contribution >= 0.6 is 0 Å². The molecule has 4 N–H and O–H groups in total. The molecule has 2 saturated carbocycles. The van der Waals surface area contributed by atoms with Crippen LogP contribution in [0.5, 0.6) is 0 Å². The third kappa shape index (κ3) is 2.30. The van der Waals surface area contributed by atoms with Crippen LogP contribution < -0.4 is 10.5 Å². The number of oxime groups is 1. The molecule has 0 aromatic rings. The van der Waals surface area contributed by atoms with Gasteiger partial charge in [0.05, 0.1) is 5.25 Å². The van der Waals surface area contributed by atoms with Crippen LogP contribution in [-0.2, 0) is 10.0 Å². The molecule has 0 bridgehead atoms. The molecule has 2 fully saturated rings. The second-order valence-corrected chi connectivity index (χ2v) is 6.52. The molecule has 2 unspecified atom stereocenters. The number of sulfonamides is 1. The first-order valence-corrected chi connectivity index (χ1v) is 7.08. The van der Waals surface area contributed by atoms with Gasteiger partial charge in [-0.15, -0.1) is 0 Å². The van der Waals surface area contributed by atoms with Crippen molar-refractivity contribution in [1.29, 1.82) is 0 Å². The predicted octanol–water partition coefficient (Wildman–Crippen LogP) is -0.0167. The van der Waals surface area contributed by atoms with E-state index >= 15 is 0 Å². The Morgan fingerprint density at radius 3 is 2.56 bits per heavy atom. The van der Waals surface area contributed by atoms with E-state index in [0.29, 0.717) is 0 Å². The van der Waals surface area contributed by atoms with Crippen molar-refractivity contribution in [3.05, 3.63) is 0 Å². The number of hydrogen-bond acceptors (Lipinski definition) is 4. The SMILES string of the molecule is NC(=NO)C1CCCC1NS(=O)(=O)C1CC1. The number of amidine groups is 1. The van der Waals surface area contributed by atoms with Gasteiger partial charge in [-0.1, -0.05) is 11.6 Å². The summed E-state index contributed by atoms with van der Waals surface area (Å²) in [4.78, 5) is 0. The van der Waals surface area contributed by atoms with E-state index in [1.54, 1.807) is 0 Å². The predicted molar refractivity (Wildman–Crippen MR) is 59.6 cm³/mol. The maximum absolute atomic E-state index is 11.8. The summed E-state index contributed by atoms with van der Waals surface area (Å²) in [6.07, 6.45) is 3.92. The Balaban J connectivity index is 2.03. The van der Waals surface area contributed by atoms with Crippen LogP contribution in [0.1, 0.15) is 32.1 Å². The van der Waals surface area contributed by atoms with Gasteiger partial charge in [-0.25, -0.2) is 13.1 Å². The maximum Gasteiger partial charge on any atom is 0.214 e. The zero-order chi connectivity index (χ0) is 11.8. The van der Waals surface area contributed by atoms with Crippen molar-refractivity contribution in [2.24, 2.45) is 16.8 Å². The summed E-state index contributed by atoms with van der Waals surface area (Å²) in [7, 11) is -3.19. The minimum Gasteiger partial charge on any atom is -0.409 e. The van der Waals surface area contributed by atoms with Gasteiger partial charge in [-0.05, 0) is 25.7 Å². The normalized spacial score (nSPS) is 31.9. The monoisotopic (exact) mass is 247 g/mol. The van der Waals surface area contributed by atoms with Crippen molar-refractivity contribution in [3.63, 3.8) is 0 Å². The van der Waals surface area contributed by atoms with Crippen molar-refractivity contribution in [1.82, 2.24) is 4.72 Å². The second-order valence-electron chi connectivity index (χ2n) is 4.53. The van der Waals surface area contributed by atoms with E-state index in [4.69, 9.17) is 10.9 Å². The Morgan fingerprint density at radius 1 is 1.31 bits per heavy atom. The van der Waals surface area contributed by atoms with Gasteiger partial charge in [0.15, 0.2) is 0 Å². The van der Waals surface area contributed by atoms with E-state index in [9.17, 15) is 8.42 Å². The van der Waals surface area contributed by atoms with Crippen molar-refractivity contribution >= 4 is 15.9 Å². The van der Waals surface area contributed by atoms with E-state index in [-0.39, 0.29) is 23.0 Å². The number of nitrogens with two attached hydrogens (primary N) is 1. The van der Waals surface area contributed by atoms with Gasteiger partial charge in [0.1, 0.15) is 5.84 Å². The molecule has 2 atom stereocenters. The maximum atomic E-state index is 11.8. The quantitative estimate of drug-likeness (QED) is 0.281. The van der Waals surface area contributed by atoms with E-state index in [1.807, 2.05) is 0 Å². The fourth-order valence-electron chi connectivity index (χ4n) is 2.21. The highest BCUT2D eigenvalue weighted by atomic mass is 32.2. The van der Waals surface area contributed by atoms with E-state index in [0.717, 1.165) is 32.1 Å². The summed E-state index contributed by atoms with van der Waals surface area (Å²) in [5.41, 5.74) is 5.54. The summed E-state index contributed by atoms with van der Waals surface area (Å²) in [5.74, 6) is -0.0421. The zero-order valence-electron chi connectivity index (χ0n) is 8.96. The average Bonchev–Trinajstić information content (AvgIpc) is 3.00. The molecule has 0 radical (unpaired) electrons. The molecule has 0 aromatic heterocycles. The first-order chi connectivity index (χ1) is 7.54. The molecule has 2 aliphatic carbocycles. The third-order valence-corrected chi connectivity index (χ3v) is 5.27.